The van der Waals surface area contributed by atoms with E-state index >= 15 is 0 Å². The first-order chi connectivity index (χ1) is 8.19. The molecule has 1 saturated carbocycles. The van der Waals surface area contributed by atoms with Gasteiger partial charge in [-0.05, 0) is 32.2 Å². The standard InChI is InChI=1S/C12H19N3O2.ClH/c1-8-5-10(15-17-8)6-12(16)14-11-4-2-3-9(11)7-13;/h5,9,11H,2-4,6-7,13H2,1H3,(H,14,16);1H. The second kappa shape index (κ2) is 6.75. The summed E-state index contributed by atoms with van der Waals surface area (Å²) >= 11 is 0. The molecule has 1 aliphatic carbocycles. The molecule has 1 aliphatic rings. The fourth-order valence-corrected chi connectivity index (χ4v) is 2.43. The summed E-state index contributed by atoms with van der Waals surface area (Å²) in [5.41, 5.74) is 6.36. The maximum atomic E-state index is 11.8. The van der Waals surface area contributed by atoms with Crippen LogP contribution in [0.15, 0.2) is 10.6 Å². The Bertz CT molecular complexity index is 394. The molecule has 1 amide bonds. The van der Waals surface area contributed by atoms with Crippen LogP contribution in [0.5, 0.6) is 0 Å². The lowest BCUT2D eigenvalue weighted by Gasteiger charge is -2.19. The minimum atomic E-state index is 0. The Morgan fingerprint density at radius 1 is 1.61 bits per heavy atom. The first-order valence-electron chi connectivity index (χ1n) is 6.10. The lowest BCUT2D eigenvalue weighted by Crippen LogP contribution is -2.40. The van der Waals surface area contributed by atoms with Crippen molar-refractivity contribution < 1.29 is 9.32 Å². The molecule has 0 aromatic carbocycles. The van der Waals surface area contributed by atoms with Gasteiger partial charge in [0.1, 0.15) is 5.76 Å². The van der Waals surface area contributed by atoms with Gasteiger partial charge in [0, 0.05) is 12.1 Å². The van der Waals surface area contributed by atoms with Crippen molar-refractivity contribution in [3.63, 3.8) is 0 Å². The molecule has 5 nitrogen and oxygen atoms in total. The van der Waals surface area contributed by atoms with Crippen LogP contribution in [-0.4, -0.2) is 23.7 Å². The first-order valence-corrected chi connectivity index (χ1v) is 6.10. The average Bonchev–Trinajstić information content (AvgIpc) is 2.87. The highest BCUT2D eigenvalue weighted by Crippen LogP contribution is 2.24. The zero-order valence-corrected chi connectivity index (χ0v) is 11.3. The highest BCUT2D eigenvalue weighted by Gasteiger charge is 2.27. The van der Waals surface area contributed by atoms with E-state index in [1.807, 2.05) is 6.92 Å². The molecule has 2 rings (SSSR count). The number of aromatic nitrogens is 1. The van der Waals surface area contributed by atoms with Gasteiger partial charge in [-0.1, -0.05) is 11.6 Å². The van der Waals surface area contributed by atoms with Gasteiger partial charge in [0.2, 0.25) is 5.91 Å². The van der Waals surface area contributed by atoms with Crippen LogP contribution < -0.4 is 11.1 Å². The first kappa shape index (κ1) is 15.0. The van der Waals surface area contributed by atoms with E-state index in [1.54, 1.807) is 6.07 Å². The highest BCUT2D eigenvalue weighted by atomic mass is 35.5. The van der Waals surface area contributed by atoms with Crippen LogP contribution in [0.25, 0.3) is 0 Å². The van der Waals surface area contributed by atoms with E-state index in [9.17, 15) is 4.79 Å². The van der Waals surface area contributed by atoms with Crippen LogP contribution in [0.2, 0.25) is 0 Å². The SMILES string of the molecule is Cc1cc(CC(=O)NC2CCCC2CN)no1.Cl. The summed E-state index contributed by atoms with van der Waals surface area (Å²) in [6.07, 6.45) is 3.58. The number of rotatable bonds is 4. The number of nitrogens with one attached hydrogen (secondary N) is 1. The minimum Gasteiger partial charge on any atom is -0.361 e. The molecular weight excluding hydrogens is 254 g/mol. The fourth-order valence-electron chi connectivity index (χ4n) is 2.43. The van der Waals surface area contributed by atoms with Gasteiger partial charge in [-0.25, -0.2) is 0 Å². The van der Waals surface area contributed by atoms with Crippen molar-refractivity contribution in [2.24, 2.45) is 11.7 Å². The number of hydrogen-bond acceptors (Lipinski definition) is 4. The lowest BCUT2D eigenvalue weighted by atomic mass is 10.0. The normalized spacial score (nSPS) is 22.6. The van der Waals surface area contributed by atoms with Gasteiger partial charge in [0.05, 0.1) is 12.1 Å². The predicted molar refractivity (Wildman–Crippen MR) is 70.5 cm³/mol. The fraction of sp³-hybridized carbons (Fsp3) is 0.667. The van der Waals surface area contributed by atoms with E-state index in [2.05, 4.69) is 10.5 Å². The van der Waals surface area contributed by atoms with Gasteiger partial charge in [-0.2, -0.15) is 0 Å². The van der Waals surface area contributed by atoms with Gasteiger partial charge in [-0.3, -0.25) is 4.79 Å². The van der Waals surface area contributed by atoms with Crippen molar-refractivity contribution in [1.82, 2.24) is 10.5 Å². The zero-order valence-electron chi connectivity index (χ0n) is 10.5. The molecule has 0 bridgehead atoms. The van der Waals surface area contributed by atoms with Crippen molar-refractivity contribution in [2.45, 2.75) is 38.6 Å². The summed E-state index contributed by atoms with van der Waals surface area (Å²) in [4.78, 5) is 11.8. The molecule has 6 heteroatoms. The summed E-state index contributed by atoms with van der Waals surface area (Å²) in [5, 5.41) is 6.85. The smallest absolute Gasteiger partial charge is 0.226 e. The monoisotopic (exact) mass is 273 g/mol. The van der Waals surface area contributed by atoms with Crippen LogP contribution in [0.4, 0.5) is 0 Å². The molecule has 1 heterocycles. The number of hydrogen-bond donors (Lipinski definition) is 2. The van der Waals surface area contributed by atoms with Gasteiger partial charge in [0.25, 0.3) is 0 Å². The third kappa shape index (κ3) is 3.71. The van der Waals surface area contributed by atoms with Gasteiger partial charge in [-0.15, -0.1) is 12.4 Å². The van der Waals surface area contributed by atoms with Crippen LogP contribution in [0, 0.1) is 12.8 Å². The number of halogens is 1. The largest absolute Gasteiger partial charge is 0.361 e. The van der Waals surface area contributed by atoms with Crippen molar-refractivity contribution >= 4 is 18.3 Å². The summed E-state index contributed by atoms with van der Waals surface area (Å²) in [6, 6.07) is 2.02. The maximum Gasteiger partial charge on any atom is 0.226 e. The number of nitrogens with zero attached hydrogens (tertiary/aromatic N) is 1. The molecule has 2 atom stereocenters. The van der Waals surface area contributed by atoms with Crippen LogP contribution in [-0.2, 0) is 11.2 Å². The van der Waals surface area contributed by atoms with E-state index in [1.165, 1.54) is 0 Å². The maximum absolute atomic E-state index is 11.8. The number of aryl methyl sites for hydroxylation is 1. The summed E-state index contributed by atoms with van der Waals surface area (Å²) in [7, 11) is 0. The molecule has 1 aromatic heterocycles. The second-order valence-corrected chi connectivity index (χ2v) is 4.71. The Hall–Kier alpha value is -1.07. The molecule has 102 valence electrons. The third-order valence-corrected chi connectivity index (χ3v) is 3.33. The van der Waals surface area contributed by atoms with Gasteiger partial charge in [0.15, 0.2) is 0 Å². The van der Waals surface area contributed by atoms with E-state index < -0.39 is 0 Å². The summed E-state index contributed by atoms with van der Waals surface area (Å²) < 4.78 is 4.93. The molecule has 0 aliphatic heterocycles. The van der Waals surface area contributed by atoms with E-state index in [0.29, 0.717) is 18.2 Å². The molecule has 1 aromatic rings. The highest BCUT2D eigenvalue weighted by molar-refractivity contribution is 5.85. The minimum absolute atomic E-state index is 0. The van der Waals surface area contributed by atoms with Crippen LogP contribution in [0.3, 0.4) is 0 Å². The zero-order chi connectivity index (χ0) is 12.3. The Morgan fingerprint density at radius 2 is 2.39 bits per heavy atom. The topological polar surface area (TPSA) is 81.2 Å². The van der Waals surface area contributed by atoms with Crippen LogP contribution >= 0.6 is 12.4 Å². The molecule has 1 fully saturated rings. The van der Waals surface area contributed by atoms with Crippen LogP contribution in [0.1, 0.15) is 30.7 Å². The Morgan fingerprint density at radius 3 is 3.00 bits per heavy atom. The quantitative estimate of drug-likeness (QED) is 0.863. The van der Waals surface area contributed by atoms with E-state index in [-0.39, 0.29) is 30.8 Å². The Balaban J connectivity index is 0.00000162. The lowest BCUT2D eigenvalue weighted by molar-refractivity contribution is -0.121. The van der Waals surface area contributed by atoms with E-state index in [0.717, 1.165) is 25.0 Å². The molecule has 18 heavy (non-hydrogen) atoms. The Kier molecular flexibility index (Phi) is 5.62. The third-order valence-electron chi connectivity index (χ3n) is 3.33. The molecule has 0 radical (unpaired) electrons. The van der Waals surface area contributed by atoms with Crippen molar-refractivity contribution in [3.05, 3.63) is 17.5 Å². The number of amides is 1. The molecule has 2 unspecified atom stereocenters. The van der Waals surface area contributed by atoms with E-state index in [4.69, 9.17) is 10.3 Å². The average molecular weight is 274 g/mol. The van der Waals surface area contributed by atoms with Gasteiger partial charge >= 0.3 is 0 Å². The summed E-state index contributed by atoms with van der Waals surface area (Å²) in [6.45, 7) is 2.46. The summed E-state index contributed by atoms with van der Waals surface area (Å²) in [5.74, 6) is 1.16. The molecular formula is C12H20ClN3O2. The predicted octanol–water partition coefficient (Wildman–Crippen LogP) is 1.19. The van der Waals surface area contributed by atoms with Crippen molar-refractivity contribution in [1.29, 1.82) is 0 Å². The number of carbonyl (C=O) groups is 1. The van der Waals surface area contributed by atoms with Crippen molar-refractivity contribution in [2.75, 3.05) is 6.54 Å². The molecule has 3 N–H and O–H groups in total. The van der Waals surface area contributed by atoms with Gasteiger partial charge < -0.3 is 15.6 Å². The number of carbonyl (C=O) groups excluding carboxylic acids is 1. The van der Waals surface area contributed by atoms with Crippen molar-refractivity contribution in [3.8, 4) is 0 Å². The second-order valence-electron chi connectivity index (χ2n) is 4.71. The Labute approximate surface area is 113 Å². The molecule has 0 saturated heterocycles. The molecule has 0 spiro atoms. The number of nitrogens with two attached hydrogens (primary N) is 1.